The van der Waals surface area contributed by atoms with Gasteiger partial charge in [0.05, 0.1) is 6.20 Å². The van der Waals surface area contributed by atoms with Crippen molar-refractivity contribution < 1.29 is 4.79 Å². The van der Waals surface area contributed by atoms with Gasteiger partial charge < -0.3 is 5.32 Å². The molecule has 0 atom stereocenters. The van der Waals surface area contributed by atoms with Gasteiger partial charge in [-0.3, -0.25) is 9.48 Å². The average molecular weight is 257 g/mol. The van der Waals surface area contributed by atoms with Crippen LogP contribution in [0.4, 0.5) is 5.69 Å². The van der Waals surface area contributed by atoms with Crippen LogP contribution in [0.1, 0.15) is 23.1 Å². The van der Waals surface area contributed by atoms with E-state index in [1.54, 1.807) is 10.9 Å². The summed E-state index contributed by atoms with van der Waals surface area (Å²) in [6, 6.07) is 5.93. The second kappa shape index (κ2) is 5.69. The molecule has 0 spiro atoms. The van der Waals surface area contributed by atoms with E-state index in [4.69, 9.17) is 0 Å². The maximum atomic E-state index is 11.9. The fourth-order valence-electron chi connectivity index (χ4n) is 1.96. The number of aromatic nitrogens is 2. The lowest BCUT2D eigenvalue weighted by Gasteiger charge is -2.09. The minimum absolute atomic E-state index is 0.0394. The summed E-state index contributed by atoms with van der Waals surface area (Å²) >= 11 is 0. The van der Waals surface area contributed by atoms with Crippen LogP contribution in [0.3, 0.4) is 0 Å². The van der Waals surface area contributed by atoms with Gasteiger partial charge in [-0.1, -0.05) is 12.1 Å². The Kier molecular flexibility index (Phi) is 4.00. The number of aryl methyl sites for hydroxylation is 3. The van der Waals surface area contributed by atoms with Crippen molar-refractivity contribution in [2.45, 2.75) is 26.7 Å². The number of nitrogens with zero attached hydrogens (tertiary/aromatic N) is 2. The Morgan fingerprint density at radius 3 is 2.84 bits per heavy atom. The number of rotatable bonds is 4. The monoisotopic (exact) mass is 257 g/mol. The molecule has 1 heterocycles. The van der Waals surface area contributed by atoms with E-state index in [1.807, 2.05) is 45.3 Å². The van der Waals surface area contributed by atoms with Gasteiger partial charge in [0.15, 0.2) is 0 Å². The highest BCUT2D eigenvalue weighted by molar-refractivity contribution is 5.91. The van der Waals surface area contributed by atoms with E-state index in [0.29, 0.717) is 12.8 Å². The Hall–Kier alpha value is -2.10. The van der Waals surface area contributed by atoms with Gasteiger partial charge in [-0.2, -0.15) is 5.10 Å². The molecule has 4 nitrogen and oxygen atoms in total. The van der Waals surface area contributed by atoms with E-state index in [1.165, 1.54) is 5.56 Å². The third kappa shape index (κ3) is 3.44. The summed E-state index contributed by atoms with van der Waals surface area (Å²) in [4.78, 5) is 11.9. The van der Waals surface area contributed by atoms with Crippen LogP contribution in [0.15, 0.2) is 30.6 Å². The van der Waals surface area contributed by atoms with Gasteiger partial charge in [-0.25, -0.2) is 0 Å². The standard InChI is InChI=1S/C15H19N3O/c1-11-5-4-6-14(12(11)2)17-15(19)8-7-13-9-16-18(3)10-13/h4-6,9-10H,7-8H2,1-3H3,(H,17,19). The first kappa shape index (κ1) is 13.3. The molecule has 1 aromatic heterocycles. The summed E-state index contributed by atoms with van der Waals surface area (Å²) in [6.07, 6.45) is 4.92. The van der Waals surface area contributed by atoms with E-state index in [0.717, 1.165) is 16.8 Å². The SMILES string of the molecule is Cc1cccc(NC(=O)CCc2cnn(C)c2)c1C. The summed E-state index contributed by atoms with van der Waals surface area (Å²) in [7, 11) is 1.87. The van der Waals surface area contributed by atoms with Crippen molar-refractivity contribution in [3.05, 3.63) is 47.3 Å². The molecule has 1 N–H and O–H groups in total. The number of carbonyl (C=O) groups is 1. The molecule has 0 aliphatic heterocycles. The summed E-state index contributed by atoms with van der Waals surface area (Å²) in [5.74, 6) is 0.0394. The summed E-state index contributed by atoms with van der Waals surface area (Å²) in [5.41, 5.74) is 4.29. The van der Waals surface area contributed by atoms with Crippen LogP contribution < -0.4 is 5.32 Å². The quantitative estimate of drug-likeness (QED) is 0.915. The minimum atomic E-state index is 0.0394. The summed E-state index contributed by atoms with van der Waals surface area (Å²) < 4.78 is 1.75. The van der Waals surface area contributed by atoms with Crippen LogP contribution in [0, 0.1) is 13.8 Å². The largest absolute Gasteiger partial charge is 0.326 e. The number of nitrogens with one attached hydrogen (secondary N) is 1. The van der Waals surface area contributed by atoms with Gasteiger partial charge in [0.1, 0.15) is 0 Å². The highest BCUT2D eigenvalue weighted by atomic mass is 16.1. The number of anilines is 1. The Labute approximate surface area is 113 Å². The molecule has 2 aromatic rings. The topological polar surface area (TPSA) is 46.9 Å². The molecule has 100 valence electrons. The molecule has 0 fully saturated rings. The fraction of sp³-hybridized carbons (Fsp3) is 0.333. The highest BCUT2D eigenvalue weighted by Crippen LogP contribution is 2.18. The maximum absolute atomic E-state index is 11.9. The van der Waals surface area contributed by atoms with E-state index in [2.05, 4.69) is 10.4 Å². The molecule has 19 heavy (non-hydrogen) atoms. The molecule has 0 radical (unpaired) electrons. The van der Waals surface area contributed by atoms with Gasteiger partial charge in [0.2, 0.25) is 5.91 Å². The number of hydrogen-bond acceptors (Lipinski definition) is 2. The van der Waals surface area contributed by atoms with Crippen molar-refractivity contribution in [3.63, 3.8) is 0 Å². The van der Waals surface area contributed by atoms with Crippen LogP contribution in [-0.2, 0) is 18.3 Å². The lowest BCUT2D eigenvalue weighted by Crippen LogP contribution is -2.13. The minimum Gasteiger partial charge on any atom is -0.326 e. The molecule has 0 saturated carbocycles. The van der Waals surface area contributed by atoms with Gasteiger partial charge in [-0.15, -0.1) is 0 Å². The summed E-state index contributed by atoms with van der Waals surface area (Å²) in [6.45, 7) is 4.06. The predicted octanol–water partition coefficient (Wildman–Crippen LogP) is 2.61. The number of amides is 1. The normalized spacial score (nSPS) is 10.5. The molecule has 0 aliphatic carbocycles. The van der Waals surface area contributed by atoms with Crippen LogP contribution >= 0.6 is 0 Å². The van der Waals surface area contributed by atoms with Crippen LogP contribution in [0.25, 0.3) is 0 Å². The Morgan fingerprint density at radius 1 is 1.37 bits per heavy atom. The van der Waals surface area contributed by atoms with E-state index in [-0.39, 0.29) is 5.91 Å². The molecule has 1 aromatic carbocycles. The highest BCUT2D eigenvalue weighted by Gasteiger charge is 2.07. The number of benzene rings is 1. The summed E-state index contributed by atoms with van der Waals surface area (Å²) in [5, 5.41) is 7.05. The average Bonchev–Trinajstić information content (AvgIpc) is 2.78. The zero-order valence-corrected chi connectivity index (χ0v) is 11.6. The molecule has 0 unspecified atom stereocenters. The lowest BCUT2D eigenvalue weighted by atomic mass is 10.1. The second-order valence-corrected chi connectivity index (χ2v) is 4.82. The smallest absolute Gasteiger partial charge is 0.224 e. The zero-order valence-electron chi connectivity index (χ0n) is 11.6. The number of carbonyl (C=O) groups excluding carboxylic acids is 1. The van der Waals surface area contributed by atoms with Crippen molar-refractivity contribution in [2.24, 2.45) is 7.05 Å². The zero-order chi connectivity index (χ0) is 13.8. The van der Waals surface area contributed by atoms with E-state index in [9.17, 15) is 4.79 Å². The first-order valence-corrected chi connectivity index (χ1v) is 6.40. The van der Waals surface area contributed by atoms with Gasteiger partial charge >= 0.3 is 0 Å². The van der Waals surface area contributed by atoms with E-state index < -0.39 is 0 Å². The molecule has 2 rings (SSSR count). The third-order valence-electron chi connectivity index (χ3n) is 3.28. The van der Waals surface area contributed by atoms with Crippen LogP contribution in [0.5, 0.6) is 0 Å². The molecule has 0 bridgehead atoms. The van der Waals surface area contributed by atoms with E-state index >= 15 is 0 Å². The van der Waals surface area contributed by atoms with Crippen LogP contribution in [0.2, 0.25) is 0 Å². The molecular weight excluding hydrogens is 238 g/mol. The molecular formula is C15H19N3O. The second-order valence-electron chi connectivity index (χ2n) is 4.82. The Morgan fingerprint density at radius 2 is 2.16 bits per heavy atom. The first-order chi connectivity index (χ1) is 9.06. The van der Waals surface area contributed by atoms with Crippen molar-refractivity contribution in [2.75, 3.05) is 5.32 Å². The number of hydrogen-bond donors (Lipinski definition) is 1. The van der Waals surface area contributed by atoms with Gasteiger partial charge in [0.25, 0.3) is 0 Å². The van der Waals surface area contributed by atoms with Crippen molar-refractivity contribution in [3.8, 4) is 0 Å². The van der Waals surface area contributed by atoms with Crippen molar-refractivity contribution in [1.82, 2.24) is 9.78 Å². The lowest BCUT2D eigenvalue weighted by molar-refractivity contribution is -0.116. The first-order valence-electron chi connectivity index (χ1n) is 6.40. The fourth-order valence-corrected chi connectivity index (χ4v) is 1.96. The Balaban J connectivity index is 1.92. The molecule has 4 heteroatoms. The maximum Gasteiger partial charge on any atom is 0.224 e. The predicted molar refractivity (Wildman–Crippen MR) is 76.1 cm³/mol. The van der Waals surface area contributed by atoms with Crippen LogP contribution in [-0.4, -0.2) is 15.7 Å². The molecule has 0 aliphatic rings. The van der Waals surface area contributed by atoms with Gasteiger partial charge in [-0.05, 0) is 43.0 Å². The van der Waals surface area contributed by atoms with Crippen molar-refractivity contribution in [1.29, 1.82) is 0 Å². The molecule has 1 amide bonds. The van der Waals surface area contributed by atoms with Gasteiger partial charge in [0, 0.05) is 25.4 Å². The van der Waals surface area contributed by atoms with Crippen molar-refractivity contribution >= 4 is 11.6 Å². The molecule has 0 saturated heterocycles. The Bertz CT molecular complexity index is 587. The third-order valence-corrected chi connectivity index (χ3v) is 3.28.